The van der Waals surface area contributed by atoms with E-state index in [0.29, 0.717) is 17.0 Å². The molecule has 2 aromatic carbocycles. The lowest BCUT2D eigenvalue weighted by Crippen LogP contribution is -2.20. The maximum atomic E-state index is 12.7. The molecular weight excluding hydrogens is 273 g/mol. The zero-order valence-electron chi connectivity index (χ0n) is 11.0. The Morgan fingerprint density at radius 2 is 2.00 bits per heavy atom. The van der Waals surface area contributed by atoms with E-state index < -0.39 is 5.91 Å². The van der Waals surface area contributed by atoms with Crippen molar-refractivity contribution in [2.24, 2.45) is 0 Å². The van der Waals surface area contributed by atoms with E-state index in [1.165, 1.54) is 36.4 Å². The van der Waals surface area contributed by atoms with Crippen LogP contribution < -0.4 is 15.8 Å². The molecule has 0 bridgehead atoms. The molecule has 0 radical (unpaired) electrons. The molecule has 106 valence electrons. The molecule has 0 aliphatic rings. The van der Waals surface area contributed by atoms with Gasteiger partial charge in [-0.1, -0.05) is 0 Å². The molecule has 0 unspecified atom stereocenters. The summed E-state index contributed by atoms with van der Waals surface area (Å²) in [6.45, 7) is -0.243. The van der Waals surface area contributed by atoms with Gasteiger partial charge in [-0.15, -0.1) is 0 Å². The molecule has 0 atom stereocenters. The van der Waals surface area contributed by atoms with Crippen molar-refractivity contribution in [1.82, 2.24) is 0 Å². The van der Waals surface area contributed by atoms with Crippen LogP contribution in [0.1, 0.15) is 5.56 Å². The highest BCUT2D eigenvalue weighted by molar-refractivity contribution is 5.91. The van der Waals surface area contributed by atoms with Gasteiger partial charge in [-0.2, -0.15) is 5.26 Å². The summed E-state index contributed by atoms with van der Waals surface area (Å²) in [6, 6.07) is 11.9. The highest BCUT2D eigenvalue weighted by atomic mass is 19.1. The van der Waals surface area contributed by atoms with E-state index in [2.05, 4.69) is 5.32 Å². The minimum absolute atomic E-state index is 0.243. The number of amides is 1. The van der Waals surface area contributed by atoms with Crippen LogP contribution in [0.25, 0.3) is 0 Å². The summed E-state index contributed by atoms with van der Waals surface area (Å²) in [5.41, 5.74) is 6.87. The first kappa shape index (κ1) is 14.3. The number of nitriles is 1. The molecule has 0 spiro atoms. The first-order valence-electron chi connectivity index (χ1n) is 6.06. The molecular formula is C15H12FN3O2. The number of anilines is 2. The molecule has 0 aromatic heterocycles. The fraction of sp³-hybridized carbons (Fsp3) is 0.0667. The first-order chi connectivity index (χ1) is 10.1. The molecule has 2 aromatic rings. The number of halogens is 1. The Bertz CT molecular complexity index is 693. The first-order valence-corrected chi connectivity index (χ1v) is 6.06. The van der Waals surface area contributed by atoms with Crippen LogP contribution in [-0.4, -0.2) is 12.5 Å². The van der Waals surface area contributed by atoms with Crippen LogP contribution in [-0.2, 0) is 4.79 Å². The molecule has 0 saturated heterocycles. The monoisotopic (exact) mass is 285 g/mol. The van der Waals surface area contributed by atoms with Crippen molar-refractivity contribution in [3.05, 3.63) is 53.8 Å². The molecule has 0 aliphatic carbocycles. The van der Waals surface area contributed by atoms with E-state index in [-0.39, 0.29) is 18.1 Å². The molecule has 6 heteroatoms. The molecule has 0 saturated carbocycles. The smallest absolute Gasteiger partial charge is 0.262 e. The van der Waals surface area contributed by atoms with Gasteiger partial charge >= 0.3 is 0 Å². The SMILES string of the molecule is N#Cc1ccc(OCC(=O)Nc2ccc(F)cc2)c(N)c1. The van der Waals surface area contributed by atoms with E-state index in [9.17, 15) is 9.18 Å². The summed E-state index contributed by atoms with van der Waals surface area (Å²) in [5, 5.41) is 11.3. The lowest BCUT2D eigenvalue weighted by Gasteiger charge is -2.09. The third kappa shape index (κ3) is 3.94. The number of ether oxygens (including phenoxy) is 1. The third-order valence-electron chi connectivity index (χ3n) is 2.63. The molecule has 1 amide bonds. The summed E-state index contributed by atoms with van der Waals surface area (Å²) in [7, 11) is 0. The highest BCUT2D eigenvalue weighted by Crippen LogP contribution is 2.22. The molecule has 3 N–H and O–H groups in total. The molecule has 21 heavy (non-hydrogen) atoms. The molecule has 0 aliphatic heterocycles. The van der Waals surface area contributed by atoms with Crippen LogP contribution in [0.5, 0.6) is 5.75 Å². The zero-order valence-corrected chi connectivity index (χ0v) is 11.0. The minimum atomic E-state index is -0.398. The average molecular weight is 285 g/mol. The van der Waals surface area contributed by atoms with Gasteiger partial charge in [0.15, 0.2) is 6.61 Å². The number of rotatable bonds is 4. The summed E-state index contributed by atoms with van der Waals surface area (Å²) in [6.07, 6.45) is 0. The van der Waals surface area contributed by atoms with E-state index in [1.807, 2.05) is 6.07 Å². The Morgan fingerprint density at radius 1 is 1.29 bits per heavy atom. The largest absolute Gasteiger partial charge is 0.482 e. The fourth-order valence-corrected chi connectivity index (χ4v) is 1.62. The van der Waals surface area contributed by atoms with Crippen molar-refractivity contribution >= 4 is 17.3 Å². The Labute approximate surface area is 120 Å². The molecule has 2 rings (SSSR count). The normalized spacial score (nSPS) is 9.71. The van der Waals surface area contributed by atoms with E-state index in [4.69, 9.17) is 15.7 Å². The third-order valence-corrected chi connectivity index (χ3v) is 2.63. The number of hydrogen-bond donors (Lipinski definition) is 2. The van der Waals surface area contributed by atoms with Gasteiger partial charge in [-0.25, -0.2) is 4.39 Å². The Hall–Kier alpha value is -3.07. The molecule has 0 heterocycles. The van der Waals surface area contributed by atoms with Crippen LogP contribution in [0.3, 0.4) is 0 Å². The van der Waals surface area contributed by atoms with Crippen LogP contribution in [0.2, 0.25) is 0 Å². The van der Waals surface area contributed by atoms with Gasteiger partial charge < -0.3 is 15.8 Å². The Morgan fingerprint density at radius 3 is 2.62 bits per heavy atom. The van der Waals surface area contributed by atoms with E-state index in [1.54, 1.807) is 6.07 Å². The van der Waals surface area contributed by atoms with Crippen LogP contribution in [0, 0.1) is 17.1 Å². The lowest BCUT2D eigenvalue weighted by molar-refractivity contribution is -0.118. The number of benzene rings is 2. The number of nitrogens with one attached hydrogen (secondary N) is 1. The Kier molecular flexibility index (Phi) is 4.36. The second-order valence-electron chi connectivity index (χ2n) is 4.21. The van der Waals surface area contributed by atoms with Gasteiger partial charge in [-0.05, 0) is 42.5 Å². The van der Waals surface area contributed by atoms with Gasteiger partial charge in [0, 0.05) is 5.69 Å². The molecule has 0 fully saturated rings. The summed E-state index contributed by atoms with van der Waals surface area (Å²) < 4.78 is 18.0. The maximum Gasteiger partial charge on any atom is 0.262 e. The molecule has 5 nitrogen and oxygen atoms in total. The lowest BCUT2D eigenvalue weighted by atomic mass is 10.2. The summed E-state index contributed by atoms with van der Waals surface area (Å²) in [4.78, 5) is 11.7. The van der Waals surface area contributed by atoms with E-state index in [0.717, 1.165) is 0 Å². The standard InChI is InChI=1S/C15H12FN3O2/c16-11-2-4-12(5-3-11)19-15(20)9-21-14-6-1-10(8-17)7-13(14)18/h1-7H,9,18H2,(H,19,20). The number of carbonyl (C=O) groups is 1. The van der Waals surface area contributed by atoms with Crippen LogP contribution in [0.4, 0.5) is 15.8 Å². The Balaban J connectivity index is 1.92. The predicted molar refractivity (Wildman–Crippen MR) is 76.1 cm³/mol. The van der Waals surface area contributed by atoms with Gasteiger partial charge in [0.1, 0.15) is 11.6 Å². The number of nitrogens with zero attached hydrogens (tertiary/aromatic N) is 1. The van der Waals surface area contributed by atoms with Crippen molar-refractivity contribution in [3.8, 4) is 11.8 Å². The predicted octanol–water partition coefficient (Wildman–Crippen LogP) is 2.30. The zero-order chi connectivity index (χ0) is 15.2. The van der Waals surface area contributed by atoms with Gasteiger partial charge in [-0.3, -0.25) is 4.79 Å². The van der Waals surface area contributed by atoms with Crippen molar-refractivity contribution in [2.45, 2.75) is 0 Å². The number of carbonyl (C=O) groups excluding carboxylic acids is 1. The van der Waals surface area contributed by atoms with Crippen LogP contribution >= 0.6 is 0 Å². The van der Waals surface area contributed by atoms with Crippen molar-refractivity contribution in [1.29, 1.82) is 5.26 Å². The van der Waals surface area contributed by atoms with Crippen molar-refractivity contribution in [2.75, 3.05) is 17.7 Å². The fourth-order valence-electron chi connectivity index (χ4n) is 1.62. The average Bonchev–Trinajstić information content (AvgIpc) is 2.48. The van der Waals surface area contributed by atoms with Crippen molar-refractivity contribution in [3.63, 3.8) is 0 Å². The van der Waals surface area contributed by atoms with Gasteiger partial charge in [0.2, 0.25) is 0 Å². The maximum absolute atomic E-state index is 12.7. The second-order valence-corrected chi connectivity index (χ2v) is 4.21. The number of nitrogen functional groups attached to an aromatic ring is 1. The second kappa shape index (κ2) is 6.39. The number of nitrogens with two attached hydrogens (primary N) is 1. The van der Waals surface area contributed by atoms with E-state index >= 15 is 0 Å². The van der Waals surface area contributed by atoms with Gasteiger partial charge in [0.05, 0.1) is 17.3 Å². The summed E-state index contributed by atoms with van der Waals surface area (Å²) >= 11 is 0. The van der Waals surface area contributed by atoms with Crippen LogP contribution in [0.15, 0.2) is 42.5 Å². The highest BCUT2D eigenvalue weighted by Gasteiger charge is 2.06. The minimum Gasteiger partial charge on any atom is -0.482 e. The quantitative estimate of drug-likeness (QED) is 0.844. The topological polar surface area (TPSA) is 88.1 Å². The number of hydrogen-bond acceptors (Lipinski definition) is 4. The van der Waals surface area contributed by atoms with Gasteiger partial charge in [0.25, 0.3) is 5.91 Å². The summed E-state index contributed by atoms with van der Waals surface area (Å²) in [5.74, 6) is -0.455. The van der Waals surface area contributed by atoms with Crippen molar-refractivity contribution < 1.29 is 13.9 Å².